The molecule has 0 aliphatic rings. The van der Waals surface area contributed by atoms with Crippen LogP contribution in [0.2, 0.25) is 0 Å². The lowest BCUT2D eigenvalue weighted by Gasteiger charge is -2.06. The van der Waals surface area contributed by atoms with E-state index in [9.17, 15) is 9.59 Å². The van der Waals surface area contributed by atoms with Crippen LogP contribution in [-0.2, 0) is 6.54 Å². The Bertz CT molecular complexity index is 705. The maximum absolute atomic E-state index is 12.0. The number of aromatic nitrogens is 1. The SMILES string of the molecule is Cc1sc(C(=O)O)cc1Cn1cc(Br)cc(Br)c1=O. The number of rotatable bonds is 3. The molecule has 0 bridgehead atoms. The molecule has 0 aliphatic heterocycles. The number of nitrogens with zero attached hydrogens (tertiary/aromatic N) is 1. The summed E-state index contributed by atoms with van der Waals surface area (Å²) in [5, 5.41) is 8.96. The summed E-state index contributed by atoms with van der Waals surface area (Å²) in [6, 6.07) is 3.30. The molecule has 2 aromatic rings. The first-order chi connectivity index (χ1) is 8.88. The molecule has 0 spiro atoms. The average Bonchev–Trinajstić information content (AvgIpc) is 2.67. The summed E-state index contributed by atoms with van der Waals surface area (Å²) >= 11 is 7.75. The smallest absolute Gasteiger partial charge is 0.345 e. The van der Waals surface area contributed by atoms with Crippen molar-refractivity contribution < 1.29 is 9.90 Å². The monoisotopic (exact) mass is 405 g/mol. The molecule has 19 heavy (non-hydrogen) atoms. The molecule has 100 valence electrons. The molecule has 0 aromatic carbocycles. The third-order valence-corrected chi connectivity index (χ3v) is 4.66. The molecule has 4 nitrogen and oxygen atoms in total. The van der Waals surface area contributed by atoms with E-state index in [2.05, 4.69) is 31.9 Å². The quantitative estimate of drug-likeness (QED) is 0.848. The van der Waals surface area contributed by atoms with Crippen LogP contribution in [0.5, 0.6) is 0 Å². The van der Waals surface area contributed by atoms with Gasteiger partial charge in [-0.3, -0.25) is 4.79 Å². The highest BCUT2D eigenvalue weighted by Crippen LogP contribution is 2.23. The van der Waals surface area contributed by atoms with Crippen LogP contribution >= 0.6 is 43.2 Å². The number of halogens is 2. The van der Waals surface area contributed by atoms with E-state index < -0.39 is 5.97 Å². The van der Waals surface area contributed by atoms with Gasteiger partial charge in [-0.05, 0) is 56.5 Å². The minimum Gasteiger partial charge on any atom is -0.477 e. The van der Waals surface area contributed by atoms with Gasteiger partial charge in [-0.25, -0.2) is 4.79 Å². The van der Waals surface area contributed by atoms with Crippen molar-refractivity contribution in [2.75, 3.05) is 0 Å². The molecule has 1 N–H and O–H groups in total. The second-order valence-corrected chi connectivity index (χ2v) is 6.96. The van der Waals surface area contributed by atoms with Crippen molar-refractivity contribution in [3.05, 3.63) is 52.9 Å². The summed E-state index contributed by atoms with van der Waals surface area (Å²) in [6.45, 7) is 2.21. The first kappa shape index (κ1) is 14.5. The number of hydrogen-bond acceptors (Lipinski definition) is 3. The fourth-order valence-corrected chi connectivity index (χ4v) is 3.78. The average molecular weight is 407 g/mol. The Balaban J connectivity index is 2.42. The molecular weight excluding hydrogens is 398 g/mol. The van der Waals surface area contributed by atoms with E-state index in [4.69, 9.17) is 5.11 Å². The minimum atomic E-state index is -0.942. The number of carboxylic acids is 1. The van der Waals surface area contributed by atoms with Gasteiger partial charge in [0.1, 0.15) is 4.88 Å². The van der Waals surface area contributed by atoms with Gasteiger partial charge in [0.05, 0.1) is 11.0 Å². The van der Waals surface area contributed by atoms with Gasteiger partial charge >= 0.3 is 5.97 Å². The number of thiophene rings is 1. The molecule has 0 saturated heterocycles. The second-order valence-electron chi connectivity index (χ2n) is 3.94. The summed E-state index contributed by atoms with van der Waals surface area (Å²) in [5.74, 6) is -0.942. The maximum atomic E-state index is 12.0. The zero-order valence-electron chi connectivity index (χ0n) is 9.81. The lowest BCUT2D eigenvalue weighted by molar-refractivity contribution is 0.0702. The normalized spacial score (nSPS) is 10.7. The lowest BCUT2D eigenvalue weighted by Crippen LogP contribution is -2.20. The molecule has 0 amide bonds. The summed E-state index contributed by atoms with van der Waals surface area (Å²) in [6.07, 6.45) is 1.69. The van der Waals surface area contributed by atoms with Crippen molar-refractivity contribution in [1.82, 2.24) is 4.57 Å². The van der Waals surface area contributed by atoms with Crippen molar-refractivity contribution >= 4 is 49.2 Å². The predicted octanol–water partition coefficient (Wildman–Crippen LogP) is 3.49. The Morgan fingerprint density at radius 2 is 2.11 bits per heavy atom. The number of carbonyl (C=O) groups is 1. The third-order valence-electron chi connectivity index (χ3n) is 2.58. The minimum absolute atomic E-state index is 0.148. The Morgan fingerprint density at radius 1 is 1.42 bits per heavy atom. The van der Waals surface area contributed by atoms with Crippen LogP contribution in [-0.4, -0.2) is 15.6 Å². The van der Waals surface area contributed by atoms with Gasteiger partial charge in [0, 0.05) is 15.5 Å². The molecule has 0 fully saturated rings. The van der Waals surface area contributed by atoms with Gasteiger partial charge in [0.2, 0.25) is 0 Å². The van der Waals surface area contributed by atoms with Crippen molar-refractivity contribution in [3.8, 4) is 0 Å². The molecule has 2 rings (SSSR count). The molecule has 0 unspecified atom stereocenters. The van der Waals surface area contributed by atoms with Gasteiger partial charge in [-0.2, -0.15) is 0 Å². The van der Waals surface area contributed by atoms with Gasteiger partial charge in [-0.1, -0.05) is 0 Å². The summed E-state index contributed by atoms with van der Waals surface area (Å²) in [5.41, 5.74) is 0.695. The molecule has 0 saturated carbocycles. The molecule has 2 heterocycles. The standard InChI is InChI=1S/C12H9Br2NO3S/c1-6-7(2-10(19-6)12(17)18)4-15-5-8(13)3-9(14)11(15)16/h2-3,5H,4H2,1H3,(H,17,18). The zero-order valence-corrected chi connectivity index (χ0v) is 13.8. The van der Waals surface area contributed by atoms with Gasteiger partial charge < -0.3 is 9.67 Å². The van der Waals surface area contributed by atoms with E-state index in [1.165, 1.54) is 15.9 Å². The molecule has 0 atom stereocenters. The largest absolute Gasteiger partial charge is 0.477 e. The van der Waals surface area contributed by atoms with Gasteiger partial charge in [0.25, 0.3) is 5.56 Å². The first-order valence-electron chi connectivity index (χ1n) is 5.26. The maximum Gasteiger partial charge on any atom is 0.345 e. The fourth-order valence-electron chi connectivity index (χ4n) is 1.65. The van der Waals surface area contributed by atoms with E-state index in [0.717, 1.165) is 14.9 Å². The van der Waals surface area contributed by atoms with E-state index in [-0.39, 0.29) is 10.4 Å². The Kier molecular flexibility index (Phi) is 4.27. The third kappa shape index (κ3) is 3.16. The van der Waals surface area contributed by atoms with Crippen molar-refractivity contribution in [2.24, 2.45) is 0 Å². The van der Waals surface area contributed by atoms with Crippen LogP contribution in [0.25, 0.3) is 0 Å². The van der Waals surface area contributed by atoms with E-state index >= 15 is 0 Å². The highest BCUT2D eigenvalue weighted by Gasteiger charge is 2.12. The van der Waals surface area contributed by atoms with E-state index in [0.29, 0.717) is 11.0 Å². The number of aromatic carboxylic acids is 1. The van der Waals surface area contributed by atoms with Crippen molar-refractivity contribution in [1.29, 1.82) is 0 Å². The Morgan fingerprint density at radius 3 is 2.68 bits per heavy atom. The van der Waals surface area contributed by atoms with Gasteiger partial charge in [-0.15, -0.1) is 11.3 Å². The highest BCUT2D eigenvalue weighted by molar-refractivity contribution is 9.11. The Labute approximate surface area is 130 Å². The predicted molar refractivity (Wildman–Crippen MR) is 81.2 cm³/mol. The molecule has 0 radical (unpaired) electrons. The summed E-state index contributed by atoms with van der Waals surface area (Å²) in [7, 11) is 0. The lowest BCUT2D eigenvalue weighted by atomic mass is 10.2. The summed E-state index contributed by atoms with van der Waals surface area (Å²) < 4.78 is 2.79. The number of aryl methyl sites for hydroxylation is 1. The second kappa shape index (κ2) is 5.60. The Hall–Kier alpha value is -0.920. The van der Waals surface area contributed by atoms with Crippen LogP contribution in [0.3, 0.4) is 0 Å². The zero-order chi connectivity index (χ0) is 14.2. The van der Waals surface area contributed by atoms with Crippen molar-refractivity contribution in [2.45, 2.75) is 13.5 Å². The van der Waals surface area contributed by atoms with Crippen LogP contribution in [0.15, 0.2) is 32.1 Å². The van der Waals surface area contributed by atoms with Crippen LogP contribution in [0, 0.1) is 6.92 Å². The highest BCUT2D eigenvalue weighted by atomic mass is 79.9. The van der Waals surface area contributed by atoms with Crippen LogP contribution < -0.4 is 5.56 Å². The fraction of sp³-hybridized carbons (Fsp3) is 0.167. The topological polar surface area (TPSA) is 59.3 Å². The van der Waals surface area contributed by atoms with Crippen LogP contribution in [0.1, 0.15) is 20.1 Å². The van der Waals surface area contributed by atoms with Gasteiger partial charge in [0.15, 0.2) is 0 Å². The molecule has 2 aromatic heterocycles. The first-order valence-corrected chi connectivity index (χ1v) is 7.67. The number of pyridine rings is 1. The molecule has 0 aliphatic carbocycles. The van der Waals surface area contributed by atoms with Crippen LogP contribution in [0.4, 0.5) is 0 Å². The molecular formula is C12H9Br2NO3S. The summed E-state index contributed by atoms with van der Waals surface area (Å²) in [4.78, 5) is 24.1. The number of carboxylic acid groups (broad SMARTS) is 1. The number of hydrogen-bond donors (Lipinski definition) is 1. The van der Waals surface area contributed by atoms with E-state index in [1.807, 2.05) is 6.92 Å². The van der Waals surface area contributed by atoms with E-state index in [1.54, 1.807) is 18.3 Å². The molecule has 7 heteroatoms. The van der Waals surface area contributed by atoms with Crippen molar-refractivity contribution in [3.63, 3.8) is 0 Å².